The van der Waals surface area contributed by atoms with Crippen LogP contribution in [0.15, 0.2) is 47.8 Å². The SMILES string of the molecule is O=C(Cn1cccnc1=O)N1CCC[C@H](Cc2cccnc2)C1. The highest BCUT2D eigenvalue weighted by Crippen LogP contribution is 2.20. The highest BCUT2D eigenvalue weighted by molar-refractivity contribution is 5.76. The van der Waals surface area contributed by atoms with Crippen LogP contribution in [0.4, 0.5) is 0 Å². The van der Waals surface area contributed by atoms with E-state index in [4.69, 9.17) is 0 Å². The lowest BCUT2D eigenvalue weighted by Crippen LogP contribution is -2.43. The first kappa shape index (κ1) is 15.4. The summed E-state index contributed by atoms with van der Waals surface area (Å²) in [6.45, 7) is 1.56. The molecule has 1 saturated heterocycles. The van der Waals surface area contributed by atoms with Gasteiger partial charge in [0.1, 0.15) is 6.54 Å². The van der Waals surface area contributed by atoms with E-state index in [1.165, 1.54) is 16.3 Å². The third kappa shape index (κ3) is 4.03. The number of pyridine rings is 1. The van der Waals surface area contributed by atoms with Crippen molar-refractivity contribution in [1.82, 2.24) is 19.4 Å². The highest BCUT2D eigenvalue weighted by atomic mass is 16.2. The van der Waals surface area contributed by atoms with Crippen LogP contribution in [0.1, 0.15) is 18.4 Å². The van der Waals surface area contributed by atoms with Gasteiger partial charge in [-0.15, -0.1) is 0 Å². The summed E-state index contributed by atoms with van der Waals surface area (Å²) in [5.41, 5.74) is 0.819. The minimum absolute atomic E-state index is 0.0176. The first-order valence-electron chi connectivity index (χ1n) is 7.90. The Bertz CT molecular complexity index is 714. The third-order valence-electron chi connectivity index (χ3n) is 4.21. The molecule has 0 aromatic carbocycles. The Morgan fingerprint density at radius 2 is 2.22 bits per heavy atom. The van der Waals surface area contributed by atoms with Gasteiger partial charge < -0.3 is 4.90 Å². The van der Waals surface area contributed by atoms with Crippen LogP contribution in [-0.4, -0.2) is 38.4 Å². The normalized spacial score (nSPS) is 17.9. The molecule has 0 spiro atoms. The molecule has 0 unspecified atom stereocenters. The van der Waals surface area contributed by atoms with E-state index in [0.717, 1.165) is 32.4 Å². The number of carbonyl (C=O) groups excluding carboxylic acids is 1. The van der Waals surface area contributed by atoms with Crippen LogP contribution >= 0.6 is 0 Å². The molecule has 1 fully saturated rings. The predicted octanol–water partition coefficient (Wildman–Crippen LogP) is 1.12. The molecule has 0 saturated carbocycles. The smallest absolute Gasteiger partial charge is 0.341 e. The van der Waals surface area contributed by atoms with Gasteiger partial charge in [0.05, 0.1) is 0 Å². The van der Waals surface area contributed by atoms with E-state index in [1.54, 1.807) is 18.5 Å². The number of rotatable bonds is 4. The van der Waals surface area contributed by atoms with Gasteiger partial charge in [-0.3, -0.25) is 14.3 Å². The summed E-state index contributed by atoms with van der Waals surface area (Å²) in [6, 6.07) is 5.68. The molecular weight excluding hydrogens is 292 g/mol. The van der Waals surface area contributed by atoms with Crippen molar-refractivity contribution in [1.29, 1.82) is 0 Å². The number of carbonyl (C=O) groups is 1. The minimum Gasteiger partial charge on any atom is -0.341 e. The minimum atomic E-state index is -0.384. The van der Waals surface area contributed by atoms with Gasteiger partial charge in [-0.1, -0.05) is 6.07 Å². The van der Waals surface area contributed by atoms with Crippen molar-refractivity contribution in [3.05, 3.63) is 59.0 Å². The average molecular weight is 312 g/mol. The number of nitrogens with zero attached hydrogens (tertiary/aromatic N) is 4. The summed E-state index contributed by atoms with van der Waals surface area (Å²) < 4.78 is 1.35. The fourth-order valence-corrected chi connectivity index (χ4v) is 3.06. The van der Waals surface area contributed by atoms with Crippen molar-refractivity contribution in [3.63, 3.8) is 0 Å². The summed E-state index contributed by atoms with van der Waals surface area (Å²) in [7, 11) is 0. The Morgan fingerprint density at radius 3 is 3.00 bits per heavy atom. The fraction of sp³-hybridized carbons (Fsp3) is 0.412. The number of aromatic nitrogens is 3. The van der Waals surface area contributed by atoms with E-state index >= 15 is 0 Å². The lowest BCUT2D eigenvalue weighted by molar-refractivity contribution is -0.133. The van der Waals surface area contributed by atoms with Crippen molar-refractivity contribution in [2.24, 2.45) is 5.92 Å². The van der Waals surface area contributed by atoms with Crippen molar-refractivity contribution >= 4 is 5.91 Å². The molecule has 120 valence electrons. The van der Waals surface area contributed by atoms with E-state index in [9.17, 15) is 9.59 Å². The van der Waals surface area contributed by atoms with Gasteiger partial charge >= 0.3 is 5.69 Å². The number of amides is 1. The molecule has 3 rings (SSSR count). The van der Waals surface area contributed by atoms with E-state index in [0.29, 0.717) is 5.92 Å². The van der Waals surface area contributed by atoms with Gasteiger partial charge in [-0.2, -0.15) is 0 Å². The monoisotopic (exact) mass is 312 g/mol. The Morgan fingerprint density at radius 1 is 1.30 bits per heavy atom. The second-order valence-electron chi connectivity index (χ2n) is 5.94. The van der Waals surface area contributed by atoms with Gasteiger partial charge in [0.2, 0.25) is 5.91 Å². The molecule has 0 aliphatic carbocycles. The second kappa shape index (κ2) is 7.17. The zero-order valence-electron chi connectivity index (χ0n) is 13.0. The molecule has 0 bridgehead atoms. The number of hydrogen-bond acceptors (Lipinski definition) is 4. The van der Waals surface area contributed by atoms with Crippen molar-refractivity contribution in [3.8, 4) is 0 Å². The zero-order chi connectivity index (χ0) is 16.1. The first-order valence-corrected chi connectivity index (χ1v) is 7.90. The van der Waals surface area contributed by atoms with Crippen molar-refractivity contribution < 1.29 is 4.79 Å². The lowest BCUT2D eigenvalue weighted by atomic mass is 9.92. The molecule has 0 radical (unpaired) electrons. The van der Waals surface area contributed by atoms with Crippen LogP contribution in [-0.2, 0) is 17.8 Å². The van der Waals surface area contributed by atoms with Crippen molar-refractivity contribution in [2.75, 3.05) is 13.1 Å². The van der Waals surface area contributed by atoms with E-state index in [-0.39, 0.29) is 18.1 Å². The second-order valence-corrected chi connectivity index (χ2v) is 5.94. The van der Waals surface area contributed by atoms with Gasteiger partial charge in [-0.05, 0) is 42.9 Å². The number of hydrogen-bond donors (Lipinski definition) is 0. The Hall–Kier alpha value is -2.50. The molecule has 2 aromatic heterocycles. The number of likely N-dealkylation sites (tertiary alicyclic amines) is 1. The maximum atomic E-state index is 12.4. The van der Waals surface area contributed by atoms with Gasteiger partial charge in [0.25, 0.3) is 0 Å². The molecule has 3 heterocycles. The van der Waals surface area contributed by atoms with Gasteiger partial charge in [0, 0.05) is 37.9 Å². The Labute approximate surface area is 134 Å². The Balaban J connectivity index is 1.61. The quantitative estimate of drug-likeness (QED) is 0.848. The molecule has 2 aromatic rings. The molecule has 1 amide bonds. The Kier molecular flexibility index (Phi) is 4.80. The van der Waals surface area contributed by atoms with Crippen molar-refractivity contribution in [2.45, 2.75) is 25.8 Å². The van der Waals surface area contributed by atoms with Crippen LogP contribution in [0.3, 0.4) is 0 Å². The van der Waals surface area contributed by atoms with E-state index in [1.807, 2.05) is 17.2 Å². The molecule has 1 aliphatic heterocycles. The summed E-state index contributed by atoms with van der Waals surface area (Å²) in [5.74, 6) is 0.429. The zero-order valence-corrected chi connectivity index (χ0v) is 13.0. The molecule has 6 heteroatoms. The van der Waals surface area contributed by atoms with Crippen LogP contribution in [0.2, 0.25) is 0 Å². The maximum absolute atomic E-state index is 12.4. The molecule has 1 atom stereocenters. The number of piperidine rings is 1. The average Bonchev–Trinajstić information content (AvgIpc) is 2.58. The molecule has 6 nitrogen and oxygen atoms in total. The maximum Gasteiger partial charge on any atom is 0.347 e. The van der Waals surface area contributed by atoms with Crippen LogP contribution in [0.25, 0.3) is 0 Å². The van der Waals surface area contributed by atoms with E-state index in [2.05, 4.69) is 16.0 Å². The van der Waals surface area contributed by atoms with Crippen LogP contribution < -0.4 is 5.69 Å². The van der Waals surface area contributed by atoms with Crippen LogP contribution in [0, 0.1) is 5.92 Å². The molecule has 23 heavy (non-hydrogen) atoms. The highest BCUT2D eigenvalue weighted by Gasteiger charge is 2.24. The molecular formula is C17H20N4O2. The summed E-state index contributed by atoms with van der Waals surface area (Å²) in [4.78, 5) is 33.7. The summed E-state index contributed by atoms with van der Waals surface area (Å²) >= 11 is 0. The predicted molar refractivity (Wildman–Crippen MR) is 85.7 cm³/mol. The molecule has 1 aliphatic rings. The topological polar surface area (TPSA) is 68.1 Å². The lowest BCUT2D eigenvalue weighted by Gasteiger charge is -2.33. The van der Waals surface area contributed by atoms with Gasteiger partial charge in [0.15, 0.2) is 0 Å². The molecule has 0 N–H and O–H groups in total. The largest absolute Gasteiger partial charge is 0.347 e. The third-order valence-corrected chi connectivity index (χ3v) is 4.21. The van der Waals surface area contributed by atoms with Gasteiger partial charge in [-0.25, -0.2) is 9.78 Å². The summed E-state index contributed by atoms with van der Waals surface area (Å²) in [6.07, 6.45) is 9.74. The first-order chi connectivity index (χ1) is 11.2. The standard InChI is InChI=1S/C17H20N4O2/c22-16(13-21-9-3-7-19-17(21)23)20-8-2-5-15(12-20)10-14-4-1-6-18-11-14/h1,3-4,6-7,9,11,15H,2,5,8,10,12-13H2/t15-/m1/s1. The van der Waals surface area contributed by atoms with Crippen LogP contribution in [0.5, 0.6) is 0 Å². The van der Waals surface area contributed by atoms with E-state index < -0.39 is 0 Å². The fourth-order valence-electron chi connectivity index (χ4n) is 3.06. The summed E-state index contributed by atoms with van der Waals surface area (Å²) in [5, 5.41) is 0.